The van der Waals surface area contributed by atoms with E-state index in [-0.39, 0.29) is 0 Å². The van der Waals surface area contributed by atoms with Crippen molar-refractivity contribution in [2.75, 3.05) is 0 Å². The summed E-state index contributed by atoms with van der Waals surface area (Å²) in [5.41, 5.74) is 6.28. The van der Waals surface area contributed by atoms with Gasteiger partial charge in [-0.1, -0.05) is 0 Å². The SMILES string of the molecule is c1cc2[n+]3c(c1)CC31Cc3cccc([n+]31)C2. The van der Waals surface area contributed by atoms with Gasteiger partial charge in [-0.15, -0.1) is 9.13 Å². The molecule has 2 heteroatoms. The Morgan fingerprint density at radius 1 is 0.750 bits per heavy atom. The maximum atomic E-state index is 2.56. The van der Waals surface area contributed by atoms with Gasteiger partial charge < -0.3 is 0 Å². The van der Waals surface area contributed by atoms with Crippen molar-refractivity contribution in [3.05, 3.63) is 59.2 Å². The molecule has 0 N–H and O–H groups in total. The van der Waals surface area contributed by atoms with Crippen molar-refractivity contribution in [3.63, 3.8) is 0 Å². The van der Waals surface area contributed by atoms with Crippen LogP contribution in [0.5, 0.6) is 0 Å². The predicted molar refractivity (Wildman–Crippen MR) is 56.9 cm³/mol. The molecule has 0 aliphatic carbocycles. The Hall–Kier alpha value is -1.70. The lowest BCUT2D eigenvalue weighted by Crippen LogP contribution is -2.92. The summed E-state index contributed by atoms with van der Waals surface area (Å²) < 4.78 is 5.12. The highest BCUT2D eigenvalue weighted by Crippen LogP contribution is 2.36. The number of pyridine rings is 2. The average Bonchev–Trinajstić information content (AvgIpc) is 2.22. The van der Waals surface area contributed by atoms with Crippen molar-refractivity contribution < 1.29 is 9.13 Å². The highest BCUT2D eigenvalue weighted by atomic mass is 15.4. The van der Waals surface area contributed by atoms with E-state index in [1.54, 1.807) is 0 Å². The van der Waals surface area contributed by atoms with E-state index in [1.165, 1.54) is 35.6 Å². The summed E-state index contributed by atoms with van der Waals surface area (Å²) in [4.78, 5) is 0. The zero-order valence-corrected chi connectivity index (χ0v) is 8.98. The molecule has 0 unspecified atom stereocenters. The summed E-state index contributed by atoms with van der Waals surface area (Å²) in [7, 11) is 0. The summed E-state index contributed by atoms with van der Waals surface area (Å²) in [6.45, 7) is 0. The number of rotatable bonds is 0. The van der Waals surface area contributed by atoms with Crippen LogP contribution in [0.2, 0.25) is 0 Å². The van der Waals surface area contributed by atoms with Crippen LogP contribution in [0.15, 0.2) is 36.4 Å². The lowest BCUT2D eigenvalue weighted by molar-refractivity contribution is -1.07. The molecule has 5 heterocycles. The minimum atomic E-state index is 0.302. The Kier molecular flexibility index (Phi) is 0.970. The Labute approximate surface area is 93.8 Å². The van der Waals surface area contributed by atoms with Crippen molar-refractivity contribution in [2.45, 2.75) is 24.9 Å². The van der Waals surface area contributed by atoms with E-state index in [9.17, 15) is 0 Å². The maximum Gasteiger partial charge on any atom is 0.381 e. The van der Waals surface area contributed by atoms with Crippen molar-refractivity contribution in [2.24, 2.45) is 0 Å². The van der Waals surface area contributed by atoms with Gasteiger partial charge in [0.15, 0.2) is 24.2 Å². The first-order valence-electron chi connectivity index (χ1n) is 5.95. The molecule has 0 fully saturated rings. The first-order valence-corrected chi connectivity index (χ1v) is 5.95. The van der Waals surface area contributed by atoms with E-state index in [0.717, 1.165) is 6.42 Å². The van der Waals surface area contributed by atoms with E-state index in [2.05, 4.69) is 45.5 Å². The summed E-state index contributed by atoms with van der Waals surface area (Å²) in [5, 5.41) is 0. The van der Waals surface area contributed by atoms with Gasteiger partial charge in [0.1, 0.15) is 6.42 Å². The molecule has 0 atom stereocenters. The summed E-state index contributed by atoms with van der Waals surface area (Å²) in [6, 6.07) is 13.5. The maximum absolute atomic E-state index is 2.56. The fraction of sp³-hybridized carbons (Fsp3) is 0.286. The van der Waals surface area contributed by atoms with Gasteiger partial charge in [-0.05, 0) is 12.1 Å². The van der Waals surface area contributed by atoms with Gasteiger partial charge >= 0.3 is 5.66 Å². The summed E-state index contributed by atoms with van der Waals surface area (Å²) in [6.07, 6.45) is 3.52. The monoisotopic (exact) mass is 208 g/mol. The molecule has 0 saturated heterocycles. The second kappa shape index (κ2) is 2.05. The summed E-state index contributed by atoms with van der Waals surface area (Å²) in [5.74, 6) is 0. The van der Waals surface area contributed by atoms with Crippen LogP contribution in [0.3, 0.4) is 0 Å². The quantitative estimate of drug-likeness (QED) is 0.556. The number of hydrogen-bond acceptors (Lipinski definition) is 0. The smallest absolute Gasteiger partial charge is 0.134 e. The molecule has 3 aliphatic heterocycles. The standard InChI is InChI=1S/C14H12N2/c1-3-10-7-11-4-2-6-13-9-14(16(11)13)8-12(5-1)15(10)14/h1-6H,7-9H2/q+2. The fourth-order valence-corrected chi connectivity index (χ4v) is 3.89. The third kappa shape index (κ3) is 0.574. The normalized spacial score (nSPS) is 20.2. The van der Waals surface area contributed by atoms with Gasteiger partial charge in [0.25, 0.3) is 0 Å². The topological polar surface area (TPSA) is 7.76 Å². The largest absolute Gasteiger partial charge is 0.381 e. The van der Waals surface area contributed by atoms with Gasteiger partial charge in [-0.2, -0.15) is 0 Å². The minimum Gasteiger partial charge on any atom is -0.134 e. The van der Waals surface area contributed by atoms with Gasteiger partial charge in [0.05, 0.1) is 0 Å². The molecular weight excluding hydrogens is 196 g/mol. The number of nitrogens with zero attached hydrogens (tertiary/aromatic N) is 2. The van der Waals surface area contributed by atoms with Crippen LogP contribution in [-0.4, -0.2) is 0 Å². The van der Waals surface area contributed by atoms with Gasteiger partial charge in [-0.3, -0.25) is 0 Å². The Balaban J connectivity index is 1.92. The van der Waals surface area contributed by atoms with Crippen molar-refractivity contribution in [1.29, 1.82) is 0 Å². The molecule has 1 spiro atoms. The predicted octanol–water partition coefficient (Wildman–Crippen LogP) is 0.479. The first-order chi connectivity index (χ1) is 7.88. The van der Waals surface area contributed by atoms with Crippen LogP contribution in [0.4, 0.5) is 0 Å². The van der Waals surface area contributed by atoms with Crippen molar-refractivity contribution >= 4 is 0 Å². The Morgan fingerprint density at radius 2 is 1.25 bits per heavy atom. The number of hydrogen-bond donors (Lipinski definition) is 0. The van der Waals surface area contributed by atoms with Crippen LogP contribution in [-0.2, 0) is 24.9 Å². The van der Waals surface area contributed by atoms with E-state index in [0.29, 0.717) is 5.66 Å². The Morgan fingerprint density at radius 3 is 1.81 bits per heavy atom. The molecule has 2 aromatic rings. The third-order valence-electron chi connectivity index (χ3n) is 4.43. The minimum absolute atomic E-state index is 0.302. The molecule has 0 bridgehead atoms. The fourth-order valence-electron chi connectivity index (χ4n) is 3.89. The first kappa shape index (κ1) is 7.55. The van der Waals surface area contributed by atoms with Gasteiger partial charge in [0.2, 0.25) is 11.4 Å². The molecule has 16 heavy (non-hydrogen) atoms. The van der Waals surface area contributed by atoms with Crippen molar-refractivity contribution in [3.8, 4) is 0 Å². The molecule has 0 radical (unpaired) electrons. The molecule has 76 valence electrons. The zero-order valence-electron chi connectivity index (χ0n) is 8.98. The lowest BCUT2D eigenvalue weighted by Gasteiger charge is -2.41. The number of aromatic nitrogens is 2. The van der Waals surface area contributed by atoms with Crippen LogP contribution in [0, 0.1) is 0 Å². The zero-order chi connectivity index (χ0) is 10.3. The molecule has 5 rings (SSSR count). The molecule has 0 amide bonds. The highest BCUT2D eigenvalue weighted by Gasteiger charge is 2.72. The third-order valence-corrected chi connectivity index (χ3v) is 4.43. The van der Waals surface area contributed by atoms with Crippen molar-refractivity contribution in [1.82, 2.24) is 0 Å². The van der Waals surface area contributed by atoms with Gasteiger partial charge in [-0.25, -0.2) is 0 Å². The molecule has 3 aliphatic rings. The second-order valence-electron chi connectivity index (χ2n) is 5.20. The van der Waals surface area contributed by atoms with Gasteiger partial charge in [0, 0.05) is 24.3 Å². The van der Waals surface area contributed by atoms with E-state index >= 15 is 0 Å². The van der Waals surface area contributed by atoms with E-state index in [1.807, 2.05) is 0 Å². The average molecular weight is 208 g/mol. The van der Waals surface area contributed by atoms with E-state index in [4.69, 9.17) is 0 Å². The second-order valence-corrected chi connectivity index (χ2v) is 5.20. The Bertz CT molecular complexity index is 600. The molecule has 2 aromatic heterocycles. The van der Waals surface area contributed by atoms with Crippen LogP contribution >= 0.6 is 0 Å². The van der Waals surface area contributed by atoms with E-state index < -0.39 is 0 Å². The molecule has 0 saturated carbocycles. The molecule has 2 nitrogen and oxygen atoms in total. The van der Waals surface area contributed by atoms with Crippen LogP contribution in [0.25, 0.3) is 0 Å². The van der Waals surface area contributed by atoms with Crippen LogP contribution in [0.1, 0.15) is 22.8 Å². The highest BCUT2D eigenvalue weighted by molar-refractivity contribution is 5.22. The molecular formula is C14H12N2+2. The summed E-state index contributed by atoms with van der Waals surface area (Å²) >= 11 is 0. The van der Waals surface area contributed by atoms with Crippen LogP contribution < -0.4 is 9.13 Å². The molecule has 0 aromatic carbocycles. The lowest BCUT2D eigenvalue weighted by atomic mass is 9.78.